The summed E-state index contributed by atoms with van der Waals surface area (Å²) in [6.45, 7) is 7.38. The van der Waals surface area contributed by atoms with Gasteiger partial charge in [0.2, 0.25) is 5.70 Å². The van der Waals surface area contributed by atoms with Crippen molar-refractivity contribution in [1.82, 2.24) is 4.72 Å². The first-order valence-corrected chi connectivity index (χ1v) is 10.1. The smallest absolute Gasteiger partial charge is 0.289 e. The van der Waals surface area contributed by atoms with Gasteiger partial charge in [-0.15, -0.1) is 0 Å². The third-order valence-electron chi connectivity index (χ3n) is 5.68. The highest BCUT2D eigenvalue weighted by atomic mass is 32.2. The molecule has 154 valence electrons. The van der Waals surface area contributed by atoms with E-state index in [4.69, 9.17) is 0 Å². The third kappa shape index (κ3) is 3.86. The first-order chi connectivity index (χ1) is 12.2. The van der Waals surface area contributed by atoms with E-state index in [0.717, 1.165) is 0 Å². The molecule has 0 radical (unpaired) electrons. The van der Waals surface area contributed by atoms with Crippen LogP contribution >= 0.6 is 0 Å². The number of nitro groups is 1. The van der Waals surface area contributed by atoms with Gasteiger partial charge >= 0.3 is 0 Å². The lowest BCUT2D eigenvalue weighted by molar-refractivity contribution is -0.429. The molecule has 0 bridgehead atoms. The molecule has 9 heteroatoms. The Kier molecular flexibility index (Phi) is 5.73. The van der Waals surface area contributed by atoms with Gasteiger partial charge in [0, 0.05) is 18.4 Å². The fourth-order valence-corrected chi connectivity index (χ4v) is 4.91. The van der Waals surface area contributed by atoms with Crippen LogP contribution in [0.2, 0.25) is 0 Å². The van der Waals surface area contributed by atoms with Gasteiger partial charge in [0.15, 0.2) is 0 Å². The van der Waals surface area contributed by atoms with E-state index in [-0.39, 0.29) is 18.5 Å². The third-order valence-corrected chi connectivity index (χ3v) is 7.34. The number of allylic oxidation sites excluding steroid dienone is 3. The summed E-state index contributed by atoms with van der Waals surface area (Å²) < 4.78 is 44.8. The Morgan fingerprint density at radius 2 is 1.93 bits per heavy atom. The van der Waals surface area contributed by atoms with Crippen molar-refractivity contribution < 1.29 is 23.0 Å². The number of fused-ring (bicyclic) bond motifs is 1. The number of aliphatic hydroxyl groups excluding tert-OH is 1. The van der Waals surface area contributed by atoms with E-state index in [0.29, 0.717) is 12.0 Å². The lowest BCUT2D eigenvalue weighted by atomic mass is 9.56. The lowest BCUT2D eigenvalue weighted by Crippen LogP contribution is -2.69. The standard InChI is InChI=1S/C18H28F2N2O4S/c1-15(2,3)27(26)21-17(18(19,20)11-23)9-8-16(4,5)13-7-6-12(22(24)25)10-14(13)17/h6-7,14,21,23H,8-11H2,1-5H3/t14?,17-,27-/m1/s1. The molecule has 1 unspecified atom stereocenters. The predicted octanol–water partition coefficient (Wildman–Crippen LogP) is 3.33. The minimum absolute atomic E-state index is 0.0532. The zero-order valence-corrected chi connectivity index (χ0v) is 17.2. The quantitative estimate of drug-likeness (QED) is 0.541. The van der Waals surface area contributed by atoms with Crippen molar-refractivity contribution in [2.45, 2.75) is 70.1 Å². The van der Waals surface area contributed by atoms with Gasteiger partial charge in [0.25, 0.3) is 5.92 Å². The molecule has 1 fully saturated rings. The Bertz CT molecular complexity index is 713. The first-order valence-electron chi connectivity index (χ1n) is 8.92. The molecule has 0 saturated heterocycles. The zero-order valence-electron chi connectivity index (χ0n) is 16.3. The van der Waals surface area contributed by atoms with Crippen LogP contribution in [-0.4, -0.2) is 37.1 Å². The number of rotatable bonds is 5. The number of nitrogens with one attached hydrogen (secondary N) is 1. The Balaban J connectivity index is 2.63. The molecule has 2 rings (SSSR count). The normalized spacial score (nSPS) is 29.4. The minimum Gasteiger partial charge on any atom is -0.390 e. The summed E-state index contributed by atoms with van der Waals surface area (Å²) in [5, 5.41) is 20.8. The largest absolute Gasteiger partial charge is 0.390 e. The van der Waals surface area contributed by atoms with Gasteiger partial charge in [0.05, 0.1) is 20.7 Å². The number of hydrogen-bond acceptors (Lipinski definition) is 4. The van der Waals surface area contributed by atoms with Crippen molar-refractivity contribution in [3.63, 3.8) is 0 Å². The molecular formula is C18H28F2N2O4S. The highest BCUT2D eigenvalue weighted by Gasteiger charge is 2.64. The van der Waals surface area contributed by atoms with Gasteiger partial charge in [-0.2, -0.15) is 0 Å². The van der Waals surface area contributed by atoms with Crippen LogP contribution in [0.1, 0.15) is 53.9 Å². The zero-order chi connectivity index (χ0) is 20.8. The Labute approximate surface area is 160 Å². The number of halogens is 2. The van der Waals surface area contributed by atoms with E-state index in [9.17, 15) is 19.4 Å². The summed E-state index contributed by atoms with van der Waals surface area (Å²) in [5.74, 6) is -4.55. The highest BCUT2D eigenvalue weighted by Crippen LogP contribution is 2.56. The molecule has 0 aromatic heterocycles. The molecule has 0 aliphatic heterocycles. The van der Waals surface area contributed by atoms with Gasteiger partial charge in [-0.1, -0.05) is 25.5 Å². The van der Waals surface area contributed by atoms with E-state index in [1.54, 1.807) is 26.8 Å². The molecule has 1 saturated carbocycles. The Morgan fingerprint density at radius 1 is 1.33 bits per heavy atom. The minimum atomic E-state index is -3.60. The number of hydrogen-bond donors (Lipinski definition) is 2. The van der Waals surface area contributed by atoms with Crippen LogP contribution in [0.25, 0.3) is 0 Å². The summed E-state index contributed by atoms with van der Waals surface area (Å²) in [5.41, 5.74) is -1.96. The second-order valence-corrected chi connectivity index (χ2v) is 11.0. The van der Waals surface area contributed by atoms with Crippen molar-refractivity contribution in [3.05, 3.63) is 33.5 Å². The first kappa shape index (κ1) is 22.1. The average molecular weight is 406 g/mol. The van der Waals surface area contributed by atoms with E-state index in [1.165, 1.54) is 6.08 Å². The van der Waals surface area contributed by atoms with Gasteiger partial charge in [-0.3, -0.25) is 10.1 Å². The fourth-order valence-electron chi connectivity index (χ4n) is 3.88. The molecule has 6 nitrogen and oxygen atoms in total. The number of nitrogens with zero attached hydrogens (tertiary/aromatic N) is 1. The molecule has 2 aliphatic carbocycles. The number of aliphatic hydroxyl groups is 1. The summed E-state index contributed by atoms with van der Waals surface area (Å²) >= 11 is 0. The van der Waals surface area contributed by atoms with Gasteiger partial charge < -0.3 is 5.11 Å². The van der Waals surface area contributed by atoms with Gasteiger partial charge in [0.1, 0.15) is 12.1 Å². The molecule has 27 heavy (non-hydrogen) atoms. The van der Waals surface area contributed by atoms with E-state index < -0.39 is 50.1 Å². The molecule has 2 aliphatic rings. The molecule has 2 N–H and O–H groups in total. The monoisotopic (exact) mass is 406 g/mol. The summed E-state index contributed by atoms with van der Waals surface area (Å²) in [6, 6.07) is 0. The van der Waals surface area contributed by atoms with Crippen molar-refractivity contribution >= 4 is 11.0 Å². The van der Waals surface area contributed by atoms with Crippen LogP contribution in [0.15, 0.2) is 23.4 Å². The second kappa shape index (κ2) is 7.00. The van der Waals surface area contributed by atoms with Gasteiger partial charge in [-0.25, -0.2) is 17.7 Å². The van der Waals surface area contributed by atoms with Crippen LogP contribution in [0.4, 0.5) is 8.78 Å². The maximum atomic E-state index is 15.1. The Morgan fingerprint density at radius 3 is 2.41 bits per heavy atom. The van der Waals surface area contributed by atoms with Crippen LogP contribution < -0.4 is 4.72 Å². The van der Waals surface area contributed by atoms with Crippen LogP contribution in [0.3, 0.4) is 0 Å². The summed E-state index contributed by atoms with van der Waals surface area (Å²) in [7, 11) is -1.84. The summed E-state index contributed by atoms with van der Waals surface area (Å²) in [4.78, 5) is 10.7. The van der Waals surface area contributed by atoms with E-state index in [2.05, 4.69) is 4.72 Å². The Hall–Kier alpha value is -1.19. The van der Waals surface area contributed by atoms with Gasteiger partial charge in [-0.05, 0) is 39.0 Å². The molecular weight excluding hydrogens is 378 g/mol. The lowest BCUT2D eigenvalue weighted by Gasteiger charge is -2.54. The van der Waals surface area contributed by atoms with Crippen molar-refractivity contribution in [2.24, 2.45) is 11.3 Å². The predicted molar refractivity (Wildman–Crippen MR) is 100 cm³/mol. The van der Waals surface area contributed by atoms with Crippen molar-refractivity contribution in [1.29, 1.82) is 0 Å². The van der Waals surface area contributed by atoms with E-state index in [1.807, 2.05) is 13.8 Å². The molecule has 0 heterocycles. The van der Waals surface area contributed by atoms with Crippen molar-refractivity contribution in [2.75, 3.05) is 6.61 Å². The van der Waals surface area contributed by atoms with Crippen LogP contribution in [-0.2, 0) is 11.0 Å². The molecule has 0 amide bonds. The molecule has 0 spiro atoms. The second-order valence-electron chi connectivity index (χ2n) is 8.99. The maximum Gasteiger partial charge on any atom is 0.289 e. The summed E-state index contributed by atoms with van der Waals surface area (Å²) in [6.07, 6.45) is 3.03. The SMILES string of the molecule is CC1(C)CC[C@](N[S@](=O)C(C)(C)C)(C(F)(F)CO)C2CC([N+](=O)[O-])=CC=C21. The van der Waals surface area contributed by atoms with E-state index >= 15 is 8.78 Å². The maximum absolute atomic E-state index is 15.1. The molecule has 0 aromatic rings. The van der Waals surface area contributed by atoms with Crippen molar-refractivity contribution in [3.8, 4) is 0 Å². The fraction of sp³-hybridized carbons (Fsp3) is 0.778. The average Bonchev–Trinajstić information content (AvgIpc) is 2.56. The molecule has 3 atom stereocenters. The number of alkyl halides is 2. The highest BCUT2D eigenvalue weighted by molar-refractivity contribution is 7.84. The molecule has 0 aromatic carbocycles. The topological polar surface area (TPSA) is 92.5 Å². The van der Waals surface area contributed by atoms with Crippen LogP contribution in [0.5, 0.6) is 0 Å². The van der Waals surface area contributed by atoms with Crippen LogP contribution in [0, 0.1) is 21.4 Å².